The van der Waals surface area contributed by atoms with Gasteiger partial charge in [-0.15, -0.1) is 0 Å². The van der Waals surface area contributed by atoms with Crippen molar-refractivity contribution in [3.8, 4) is 0 Å². The van der Waals surface area contributed by atoms with Crippen LogP contribution in [-0.4, -0.2) is 40.7 Å². The summed E-state index contributed by atoms with van der Waals surface area (Å²) in [5.74, 6) is -1.10. The Morgan fingerprint density at radius 1 is 1.22 bits per heavy atom. The Bertz CT molecular complexity index is 703. The topological polar surface area (TPSA) is 66.5 Å². The van der Waals surface area contributed by atoms with Crippen molar-refractivity contribution in [1.82, 2.24) is 10.2 Å². The molecule has 0 radical (unpaired) electrons. The van der Waals surface area contributed by atoms with Gasteiger partial charge in [-0.25, -0.2) is 4.39 Å². The average Bonchev–Trinajstić information content (AvgIpc) is 2.93. The number of nitrogens with zero attached hydrogens (tertiary/aromatic N) is 1. The quantitative estimate of drug-likeness (QED) is 0.725. The summed E-state index contributed by atoms with van der Waals surface area (Å²) in [5, 5.41) is 2.71. The summed E-state index contributed by atoms with van der Waals surface area (Å²) in [5.41, 5.74) is 0.377. The normalized spacial score (nSPS) is 23.3. The van der Waals surface area contributed by atoms with E-state index in [1.807, 2.05) is 6.26 Å². The second-order valence-electron chi connectivity index (χ2n) is 7.15. The number of benzene rings is 1. The number of halogens is 1. The van der Waals surface area contributed by atoms with Crippen LogP contribution in [0.25, 0.3) is 0 Å². The minimum Gasteiger partial charge on any atom is -0.350 e. The molecule has 1 aliphatic carbocycles. The lowest BCUT2D eigenvalue weighted by Crippen LogP contribution is -2.50. The van der Waals surface area contributed by atoms with Crippen LogP contribution in [0.4, 0.5) is 4.39 Å². The van der Waals surface area contributed by atoms with Crippen LogP contribution in [0.5, 0.6) is 0 Å². The van der Waals surface area contributed by atoms with Crippen molar-refractivity contribution >= 4 is 29.5 Å². The van der Waals surface area contributed by atoms with Gasteiger partial charge in [-0.1, -0.05) is 31.0 Å². The molecule has 1 saturated heterocycles. The SMILES string of the molecule is CSCC[C@H](C(=O)NCc1ccccc1F)N1C(=O)[C@H]2CCCC[C@@H]2C1=O. The van der Waals surface area contributed by atoms with Gasteiger partial charge in [0.05, 0.1) is 11.8 Å². The zero-order valence-corrected chi connectivity index (χ0v) is 16.3. The molecule has 0 unspecified atom stereocenters. The summed E-state index contributed by atoms with van der Waals surface area (Å²) >= 11 is 1.56. The molecular weight excluding hydrogens is 367 g/mol. The molecule has 3 amide bonds. The molecule has 0 bridgehead atoms. The number of thioether (sulfide) groups is 1. The smallest absolute Gasteiger partial charge is 0.243 e. The molecule has 146 valence electrons. The first-order chi connectivity index (χ1) is 13.0. The largest absolute Gasteiger partial charge is 0.350 e. The van der Waals surface area contributed by atoms with Crippen LogP contribution in [0, 0.1) is 17.7 Å². The number of imide groups is 1. The number of fused-ring (bicyclic) bond motifs is 1. The zero-order chi connectivity index (χ0) is 19.4. The van der Waals surface area contributed by atoms with Gasteiger partial charge in [0.25, 0.3) is 0 Å². The van der Waals surface area contributed by atoms with Crippen molar-refractivity contribution in [3.05, 3.63) is 35.6 Å². The predicted octanol–water partition coefficient (Wildman–Crippen LogP) is 2.74. The van der Waals surface area contributed by atoms with Gasteiger partial charge in [0.15, 0.2) is 0 Å². The first-order valence-corrected chi connectivity index (χ1v) is 10.8. The van der Waals surface area contributed by atoms with Crippen molar-refractivity contribution in [2.75, 3.05) is 12.0 Å². The molecule has 2 aliphatic rings. The van der Waals surface area contributed by atoms with Gasteiger partial charge in [-0.3, -0.25) is 19.3 Å². The number of rotatable bonds is 7. The Morgan fingerprint density at radius 3 is 2.44 bits per heavy atom. The molecule has 1 aliphatic heterocycles. The van der Waals surface area contributed by atoms with E-state index in [0.29, 0.717) is 17.7 Å². The standard InChI is InChI=1S/C20H25FN2O3S/c1-27-11-10-17(18(24)22-12-13-6-2-5-9-16(13)21)23-19(25)14-7-3-4-8-15(14)20(23)26/h2,5-6,9,14-15,17H,3-4,7-8,10-12H2,1H3,(H,22,24)/t14-,15-,17+/m0/s1. The van der Waals surface area contributed by atoms with E-state index in [1.54, 1.807) is 30.0 Å². The summed E-state index contributed by atoms with van der Waals surface area (Å²) in [6.45, 7) is 0.0321. The van der Waals surface area contributed by atoms with Crippen LogP contribution in [0.15, 0.2) is 24.3 Å². The lowest BCUT2D eigenvalue weighted by molar-refractivity contribution is -0.148. The van der Waals surface area contributed by atoms with E-state index in [0.717, 1.165) is 25.7 Å². The van der Waals surface area contributed by atoms with Crippen LogP contribution in [0.2, 0.25) is 0 Å². The number of hydrogen-bond acceptors (Lipinski definition) is 4. The molecule has 5 nitrogen and oxygen atoms in total. The second kappa shape index (κ2) is 8.87. The van der Waals surface area contributed by atoms with Crippen molar-refractivity contribution < 1.29 is 18.8 Å². The maximum atomic E-state index is 13.8. The van der Waals surface area contributed by atoms with Crippen LogP contribution < -0.4 is 5.32 Å². The van der Waals surface area contributed by atoms with Crippen molar-refractivity contribution in [2.45, 2.75) is 44.7 Å². The Kier molecular flexibility index (Phi) is 6.52. The fourth-order valence-corrected chi connectivity index (χ4v) is 4.50. The zero-order valence-electron chi connectivity index (χ0n) is 15.4. The van der Waals surface area contributed by atoms with Crippen LogP contribution in [0.1, 0.15) is 37.7 Å². The van der Waals surface area contributed by atoms with Crippen molar-refractivity contribution in [2.24, 2.45) is 11.8 Å². The first kappa shape index (κ1) is 19.9. The van der Waals surface area contributed by atoms with Gasteiger partial charge in [0.1, 0.15) is 11.9 Å². The minimum absolute atomic E-state index is 0.0321. The Labute approximate surface area is 163 Å². The Morgan fingerprint density at radius 2 is 1.85 bits per heavy atom. The van der Waals surface area contributed by atoms with Gasteiger partial charge in [-0.2, -0.15) is 11.8 Å². The van der Waals surface area contributed by atoms with Crippen LogP contribution in [0.3, 0.4) is 0 Å². The van der Waals surface area contributed by atoms with Crippen LogP contribution >= 0.6 is 11.8 Å². The molecule has 3 rings (SSSR count). The van der Waals surface area contributed by atoms with Crippen molar-refractivity contribution in [1.29, 1.82) is 0 Å². The molecule has 1 aromatic rings. The molecule has 3 atom stereocenters. The molecular formula is C20H25FN2O3S. The molecule has 0 aromatic heterocycles. The highest BCUT2D eigenvalue weighted by atomic mass is 32.2. The highest BCUT2D eigenvalue weighted by Gasteiger charge is 2.51. The number of carbonyl (C=O) groups is 3. The van der Waals surface area contributed by atoms with Crippen molar-refractivity contribution in [3.63, 3.8) is 0 Å². The number of likely N-dealkylation sites (tertiary alicyclic amines) is 1. The summed E-state index contributed by atoms with van der Waals surface area (Å²) in [6, 6.07) is 5.41. The molecule has 0 spiro atoms. The minimum atomic E-state index is -0.824. The number of nitrogens with one attached hydrogen (secondary N) is 1. The fraction of sp³-hybridized carbons (Fsp3) is 0.550. The molecule has 1 heterocycles. The Balaban J connectivity index is 1.74. The highest BCUT2D eigenvalue weighted by Crippen LogP contribution is 2.39. The van der Waals surface area contributed by atoms with E-state index in [2.05, 4.69) is 5.32 Å². The lowest BCUT2D eigenvalue weighted by atomic mass is 9.81. The summed E-state index contributed by atoms with van der Waals surface area (Å²) < 4.78 is 13.8. The van der Waals surface area contributed by atoms with Gasteiger partial charge in [-0.05, 0) is 37.3 Å². The van der Waals surface area contributed by atoms with E-state index in [4.69, 9.17) is 0 Å². The predicted molar refractivity (Wildman–Crippen MR) is 102 cm³/mol. The lowest BCUT2D eigenvalue weighted by Gasteiger charge is -2.26. The average molecular weight is 392 g/mol. The van der Waals surface area contributed by atoms with Gasteiger partial charge in [0, 0.05) is 12.1 Å². The number of carbonyl (C=O) groups excluding carboxylic acids is 3. The molecule has 1 N–H and O–H groups in total. The molecule has 7 heteroatoms. The first-order valence-electron chi connectivity index (χ1n) is 9.41. The third-order valence-electron chi connectivity index (χ3n) is 5.50. The molecule has 2 fully saturated rings. The Hall–Kier alpha value is -1.89. The highest BCUT2D eigenvalue weighted by molar-refractivity contribution is 7.98. The van der Waals surface area contributed by atoms with Gasteiger partial charge < -0.3 is 5.32 Å². The van der Waals surface area contributed by atoms with E-state index >= 15 is 0 Å². The third kappa shape index (κ3) is 4.18. The number of hydrogen-bond donors (Lipinski definition) is 1. The molecule has 1 saturated carbocycles. The van der Waals surface area contributed by atoms with Crippen LogP contribution in [-0.2, 0) is 20.9 Å². The van der Waals surface area contributed by atoms with E-state index < -0.39 is 17.8 Å². The maximum Gasteiger partial charge on any atom is 0.243 e. The monoisotopic (exact) mass is 392 g/mol. The van der Waals surface area contributed by atoms with Gasteiger partial charge >= 0.3 is 0 Å². The van der Waals surface area contributed by atoms with E-state index in [1.165, 1.54) is 11.0 Å². The summed E-state index contributed by atoms with van der Waals surface area (Å²) in [7, 11) is 0. The summed E-state index contributed by atoms with van der Waals surface area (Å²) in [4.78, 5) is 39.7. The molecule has 27 heavy (non-hydrogen) atoms. The number of amides is 3. The third-order valence-corrected chi connectivity index (χ3v) is 6.14. The van der Waals surface area contributed by atoms with E-state index in [9.17, 15) is 18.8 Å². The van der Waals surface area contributed by atoms with E-state index in [-0.39, 0.29) is 30.2 Å². The summed E-state index contributed by atoms with van der Waals surface area (Å²) in [6.07, 6.45) is 5.66. The maximum absolute atomic E-state index is 13.8. The second-order valence-corrected chi connectivity index (χ2v) is 8.14. The fourth-order valence-electron chi connectivity index (χ4n) is 4.04. The molecule has 1 aromatic carbocycles. The van der Waals surface area contributed by atoms with Gasteiger partial charge in [0.2, 0.25) is 17.7 Å².